The summed E-state index contributed by atoms with van der Waals surface area (Å²) < 4.78 is 10.7. The molecular weight excluding hydrogens is 264 g/mol. The SMILES string of the molecule is CCCNc1sc(C(=O)OCC)c(N)c1OC(C)C. The number of carbonyl (C=O) groups is 1. The van der Waals surface area contributed by atoms with Crippen LogP contribution in [0.25, 0.3) is 0 Å². The first-order valence-electron chi connectivity index (χ1n) is 6.51. The molecule has 0 aliphatic heterocycles. The lowest BCUT2D eigenvalue weighted by atomic mass is 10.3. The number of anilines is 2. The molecule has 0 unspecified atom stereocenters. The smallest absolute Gasteiger partial charge is 0.350 e. The Balaban J connectivity index is 3.06. The number of hydrogen-bond donors (Lipinski definition) is 2. The predicted octanol–water partition coefficient (Wildman–Crippen LogP) is 3.12. The van der Waals surface area contributed by atoms with Crippen LogP contribution in [-0.4, -0.2) is 25.2 Å². The zero-order chi connectivity index (χ0) is 14.4. The zero-order valence-electron chi connectivity index (χ0n) is 11.9. The van der Waals surface area contributed by atoms with Gasteiger partial charge in [-0.2, -0.15) is 0 Å². The van der Waals surface area contributed by atoms with Gasteiger partial charge < -0.3 is 20.5 Å². The van der Waals surface area contributed by atoms with Crippen LogP contribution in [0.5, 0.6) is 5.75 Å². The molecule has 19 heavy (non-hydrogen) atoms. The van der Waals surface area contributed by atoms with E-state index >= 15 is 0 Å². The third-order valence-electron chi connectivity index (χ3n) is 2.25. The van der Waals surface area contributed by atoms with E-state index in [-0.39, 0.29) is 6.10 Å². The maximum Gasteiger partial charge on any atom is 0.350 e. The van der Waals surface area contributed by atoms with Gasteiger partial charge in [0.1, 0.15) is 15.6 Å². The third kappa shape index (κ3) is 4.02. The van der Waals surface area contributed by atoms with Crippen molar-refractivity contribution in [2.75, 3.05) is 24.2 Å². The third-order valence-corrected chi connectivity index (χ3v) is 3.37. The van der Waals surface area contributed by atoms with Crippen molar-refractivity contribution in [1.82, 2.24) is 0 Å². The van der Waals surface area contributed by atoms with Gasteiger partial charge in [0.2, 0.25) is 0 Å². The summed E-state index contributed by atoms with van der Waals surface area (Å²) in [5, 5.41) is 4.02. The molecule has 0 amide bonds. The number of rotatable bonds is 7. The van der Waals surface area contributed by atoms with Gasteiger partial charge in [0.05, 0.1) is 12.7 Å². The van der Waals surface area contributed by atoms with E-state index in [9.17, 15) is 4.79 Å². The van der Waals surface area contributed by atoms with Crippen molar-refractivity contribution in [3.63, 3.8) is 0 Å². The fourth-order valence-corrected chi connectivity index (χ4v) is 2.46. The number of thiophene rings is 1. The Morgan fingerprint density at radius 3 is 2.63 bits per heavy atom. The summed E-state index contributed by atoms with van der Waals surface area (Å²) in [6.07, 6.45) is 0.974. The number of nitrogen functional groups attached to an aromatic ring is 1. The summed E-state index contributed by atoms with van der Waals surface area (Å²) in [6, 6.07) is 0. The second kappa shape index (κ2) is 7.23. The fraction of sp³-hybridized carbons (Fsp3) is 0.615. The van der Waals surface area contributed by atoms with E-state index in [2.05, 4.69) is 12.2 Å². The minimum atomic E-state index is -0.400. The maximum absolute atomic E-state index is 11.8. The van der Waals surface area contributed by atoms with Crippen LogP contribution < -0.4 is 15.8 Å². The number of hydrogen-bond acceptors (Lipinski definition) is 6. The summed E-state index contributed by atoms with van der Waals surface area (Å²) >= 11 is 1.28. The molecule has 0 aliphatic rings. The Kier molecular flexibility index (Phi) is 5.95. The van der Waals surface area contributed by atoms with Crippen molar-refractivity contribution in [3.05, 3.63) is 4.88 Å². The van der Waals surface area contributed by atoms with E-state index < -0.39 is 5.97 Å². The molecule has 6 heteroatoms. The first-order valence-corrected chi connectivity index (χ1v) is 7.32. The van der Waals surface area contributed by atoms with Crippen LogP contribution in [0.3, 0.4) is 0 Å². The van der Waals surface area contributed by atoms with Crippen LogP contribution >= 0.6 is 11.3 Å². The number of nitrogens with one attached hydrogen (secondary N) is 1. The quantitative estimate of drug-likeness (QED) is 0.753. The highest BCUT2D eigenvalue weighted by atomic mass is 32.1. The van der Waals surface area contributed by atoms with Crippen molar-refractivity contribution in [1.29, 1.82) is 0 Å². The van der Waals surface area contributed by atoms with Crippen molar-refractivity contribution in [2.45, 2.75) is 40.2 Å². The molecule has 1 rings (SSSR count). The van der Waals surface area contributed by atoms with Gasteiger partial charge in [-0.1, -0.05) is 6.92 Å². The van der Waals surface area contributed by atoms with Crippen molar-refractivity contribution < 1.29 is 14.3 Å². The molecule has 0 saturated carbocycles. The molecule has 108 valence electrons. The molecule has 0 fully saturated rings. The van der Waals surface area contributed by atoms with Crippen LogP contribution in [0.4, 0.5) is 10.7 Å². The molecule has 1 aromatic rings. The van der Waals surface area contributed by atoms with Crippen LogP contribution in [0, 0.1) is 0 Å². The molecular formula is C13H22N2O3S. The molecule has 1 heterocycles. The lowest BCUT2D eigenvalue weighted by molar-refractivity contribution is 0.0533. The number of nitrogens with two attached hydrogens (primary N) is 1. The Bertz CT molecular complexity index is 430. The normalized spacial score (nSPS) is 10.6. The molecule has 0 radical (unpaired) electrons. The van der Waals surface area contributed by atoms with Gasteiger partial charge in [-0.15, -0.1) is 11.3 Å². The first-order chi connectivity index (χ1) is 9.01. The van der Waals surface area contributed by atoms with Gasteiger partial charge in [0.15, 0.2) is 5.75 Å². The number of carbonyl (C=O) groups excluding carboxylic acids is 1. The molecule has 3 N–H and O–H groups in total. The van der Waals surface area contributed by atoms with Crippen molar-refractivity contribution >= 4 is 28.0 Å². The summed E-state index contributed by atoms with van der Waals surface area (Å²) in [5.74, 6) is 0.152. The topological polar surface area (TPSA) is 73.6 Å². The van der Waals surface area contributed by atoms with Crippen LogP contribution in [-0.2, 0) is 4.74 Å². The highest BCUT2D eigenvalue weighted by Crippen LogP contribution is 2.43. The standard InChI is InChI=1S/C13H22N2O3S/c1-5-7-15-12-10(18-8(3)4)9(14)11(19-12)13(16)17-6-2/h8,15H,5-7,14H2,1-4H3. The van der Waals surface area contributed by atoms with E-state index in [0.29, 0.717) is 22.9 Å². The Morgan fingerprint density at radius 2 is 2.11 bits per heavy atom. The summed E-state index contributed by atoms with van der Waals surface area (Å²) in [7, 11) is 0. The molecule has 0 aromatic carbocycles. The van der Waals surface area contributed by atoms with Gasteiger partial charge in [-0.3, -0.25) is 0 Å². The Labute approximate surface area is 118 Å². The van der Waals surface area contributed by atoms with Crippen LogP contribution in [0.15, 0.2) is 0 Å². The predicted molar refractivity (Wildman–Crippen MR) is 79.2 cm³/mol. The summed E-state index contributed by atoms with van der Waals surface area (Å²) in [4.78, 5) is 12.2. The van der Waals surface area contributed by atoms with E-state index in [1.54, 1.807) is 6.92 Å². The van der Waals surface area contributed by atoms with E-state index in [4.69, 9.17) is 15.2 Å². The van der Waals surface area contributed by atoms with E-state index in [0.717, 1.165) is 18.0 Å². The fourth-order valence-electron chi connectivity index (χ4n) is 1.48. The minimum Gasteiger partial charge on any atom is -0.486 e. The molecule has 1 aromatic heterocycles. The Morgan fingerprint density at radius 1 is 1.42 bits per heavy atom. The van der Waals surface area contributed by atoms with Crippen molar-refractivity contribution in [2.24, 2.45) is 0 Å². The summed E-state index contributed by atoms with van der Waals surface area (Å²) in [5.41, 5.74) is 6.36. The Hall–Kier alpha value is -1.43. The minimum absolute atomic E-state index is 0.00544. The lowest BCUT2D eigenvalue weighted by Crippen LogP contribution is -2.10. The molecule has 5 nitrogen and oxygen atoms in total. The largest absolute Gasteiger partial charge is 0.486 e. The maximum atomic E-state index is 11.8. The second-order valence-corrected chi connectivity index (χ2v) is 5.34. The first kappa shape index (κ1) is 15.6. The number of ether oxygens (including phenoxy) is 2. The van der Waals surface area contributed by atoms with Crippen LogP contribution in [0.2, 0.25) is 0 Å². The molecule has 0 atom stereocenters. The lowest BCUT2D eigenvalue weighted by Gasteiger charge is -2.12. The average molecular weight is 286 g/mol. The van der Waals surface area contributed by atoms with Gasteiger partial charge in [0, 0.05) is 6.54 Å². The molecule has 0 bridgehead atoms. The molecule has 0 aliphatic carbocycles. The molecule has 0 saturated heterocycles. The second-order valence-electron chi connectivity index (χ2n) is 4.32. The van der Waals surface area contributed by atoms with E-state index in [1.807, 2.05) is 13.8 Å². The van der Waals surface area contributed by atoms with Gasteiger partial charge >= 0.3 is 5.97 Å². The molecule has 0 spiro atoms. The summed E-state index contributed by atoms with van der Waals surface area (Å²) in [6.45, 7) is 8.81. The highest BCUT2D eigenvalue weighted by molar-refractivity contribution is 7.19. The highest BCUT2D eigenvalue weighted by Gasteiger charge is 2.23. The van der Waals surface area contributed by atoms with Crippen LogP contribution in [0.1, 0.15) is 43.8 Å². The number of esters is 1. The zero-order valence-corrected chi connectivity index (χ0v) is 12.7. The van der Waals surface area contributed by atoms with Gasteiger partial charge in [-0.05, 0) is 27.2 Å². The van der Waals surface area contributed by atoms with Gasteiger partial charge in [0.25, 0.3) is 0 Å². The van der Waals surface area contributed by atoms with Crippen molar-refractivity contribution in [3.8, 4) is 5.75 Å². The average Bonchev–Trinajstić information content (AvgIpc) is 2.64. The monoisotopic (exact) mass is 286 g/mol. The van der Waals surface area contributed by atoms with Gasteiger partial charge in [-0.25, -0.2) is 4.79 Å². The van der Waals surface area contributed by atoms with E-state index in [1.165, 1.54) is 11.3 Å².